The van der Waals surface area contributed by atoms with Crippen molar-refractivity contribution in [3.05, 3.63) is 47.7 Å². The molecule has 1 aliphatic heterocycles. The summed E-state index contributed by atoms with van der Waals surface area (Å²) in [6.45, 7) is 6.25. The lowest BCUT2D eigenvalue weighted by Gasteiger charge is -2.33. The number of carbonyl (C=O) groups excluding carboxylic acids is 1. The topological polar surface area (TPSA) is 57.4 Å². The number of ether oxygens (including phenoxy) is 1. The number of benzene rings is 1. The van der Waals surface area contributed by atoms with Gasteiger partial charge in [0.15, 0.2) is 0 Å². The highest BCUT2D eigenvalue weighted by Gasteiger charge is 2.31. The van der Waals surface area contributed by atoms with Crippen LogP contribution in [0.2, 0.25) is 0 Å². The van der Waals surface area contributed by atoms with E-state index in [1.807, 2.05) is 6.07 Å². The van der Waals surface area contributed by atoms with Gasteiger partial charge in [0.05, 0.1) is 5.56 Å². The van der Waals surface area contributed by atoms with Gasteiger partial charge in [-0.15, -0.1) is 0 Å². The molecule has 8 heteroatoms. The third kappa shape index (κ3) is 5.93. The Balaban J connectivity index is 1.50. The Morgan fingerprint density at radius 2 is 1.97 bits per heavy atom. The molecule has 5 nitrogen and oxygen atoms in total. The van der Waals surface area contributed by atoms with Crippen LogP contribution in [0.1, 0.15) is 49.2 Å². The summed E-state index contributed by atoms with van der Waals surface area (Å²) in [6, 6.07) is 8.64. The highest BCUT2D eigenvalue weighted by atomic mass is 19.4. The van der Waals surface area contributed by atoms with Crippen LogP contribution in [0.15, 0.2) is 36.4 Å². The Morgan fingerprint density at radius 1 is 1.23 bits per heavy atom. The number of hydrogen-bond donors (Lipinski definition) is 2. The molecule has 0 radical (unpaired) electrons. The highest BCUT2D eigenvalue weighted by molar-refractivity contribution is 5.93. The van der Waals surface area contributed by atoms with Crippen LogP contribution in [0.25, 0.3) is 0 Å². The molecular formula is C22H28F3N3O2. The number of nitrogens with zero attached hydrogens (tertiary/aromatic N) is 1. The lowest BCUT2D eigenvalue weighted by Crippen LogP contribution is -2.38. The molecule has 2 heterocycles. The highest BCUT2D eigenvalue weighted by Crippen LogP contribution is 2.32. The van der Waals surface area contributed by atoms with Gasteiger partial charge in [0.25, 0.3) is 5.91 Å². The molecule has 1 amide bonds. The number of rotatable bonds is 7. The van der Waals surface area contributed by atoms with Gasteiger partial charge < -0.3 is 19.9 Å². The first-order valence-corrected chi connectivity index (χ1v) is 10.3. The van der Waals surface area contributed by atoms with E-state index in [1.54, 1.807) is 12.1 Å². The monoisotopic (exact) mass is 423 g/mol. The molecule has 1 aromatic heterocycles. The minimum Gasteiger partial charge on any atom is -0.490 e. The van der Waals surface area contributed by atoms with Crippen molar-refractivity contribution in [2.45, 2.75) is 45.4 Å². The van der Waals surface area contributed by atoms with Crippen molar-refractivity contribution in [2.24, 2.45) is 5.92 Å². The van der Waals surface area contributed by atoms with Crippen LogP contribution in [-0.2, 0) is 6.18 Å². The van der Waals surface area contributed by atoms with Crippen molar-refractivity contribution in [3.8, 4) is 5.75 Å². The van der Waals surface area contributed by atoms with Gasteiger partial charge >= 0.3 is 6.18 Å². The maximum Gasteiger partial charge on any atom is 0.416 e. The molecule has 2 aromatic rings. The molecule has 0 bridgehead atoms. The fourth-order valence-corrected chi connectivity index (χ4v) is 3.42. The first-order chi connectivity index (χ1) is 14.2. The number of nitrogens with one attached hydrogen (secondary N) is 2. The Kier molecular flexibility index (Phi) is 6.95. The number of halogens is 3. The van der Waals surface area contributed by atoms with Crippen LogP contribution in [0, 0.1) is 5.92 Å². The van der Waals surface area contributed by atoms with Crippen molar-refractivity contribution < 1.29 is 22.7 Å². The quantitative estimate of drug-likeness (QED) is 0.669. The van der Waals surface area contributed by atoms with E-state index in [9.17, 15) is 18.0 Å². The molecule has 2 N–H and O–H groups in total. The maximum atomic E-state index is 12.9. The summed E-state index contributed by atoms with van der Waals surface area (Å²) in [5.74, 6) is 1.51. The molecule has 1 saturated heterocycles. The van der Waals surface area contributed by atoms with Crippen molar-refractivity contribution in [2.75, 3.05) is 24.5 Å². The standard InChI is InChI=1S/C22H28F3N3O2/c1-15(2)8-11-26-21(29)19-6-7-20(27-19)28-12-9-17(10-13-28)30-18-5-3-4-16(14-18)22(23,24)25/h3-7,14-15,17,27H,8-13H2,1-2H3,(H,26,29). The number of anilines is 1. The van der Waals surface area contributed by atoms with Crippen molar-refractivity contribution in [3.63, 3.8) is 0 Å². The first-order valence-electron chi connectivity index (χ1n) is 10.3. The molecule has 164 valence electrons. The molecule has 0 spiro atoms. The summed E-state index contributed by atoms with van der Waals surface area (Å²) in [7, 11) is 0. The number of carbonyl (C=O) groups is 1. The van der Waals surface area contributed by atoms with Gasteiger partial charge in [0.1, 0.15) is 23.4 Å². The van der Waals surface area contributed by atoms with E-state index >= 15 is 0 Å². The SMILES string of the molecule is CC(C)CCNC(=O)c1ccc(N2CCC(Oc3cccc(C(F)(F)F)c3)CC2)[nH]1. The van der Waals surface area contributed by atoms with Gasteiger partial charge in [-0.3, -0.25) is 4.79 Å². The van der Waals surface area contributed by atoms with Crippen molar-refractivity contribution in [1.82, 2.24) is 10.3 Å². The summed E-state index contributed by atoms with van der Waals surface area (Å²) in [5, 5.41) is 2.91. The van der Waals surface area contributed by atoms with Gasteiger partial charge in [-0.1, -0.05) is 19.9 Å². The Bertz CT molecular complexity index is 840. The zero-order valence-electron chi connectivity index (χ0n) is 17.3. The third-order valence-electron chi connectivity index (χ3n) is 5.17. The van der Waals surface area contributed by atoms with Crippen LogP contribution < -0.4 is 15.0 Å². The minimum absolute atomic E-state index is 0.121. The van der Waals surface area contributed by atoms with Crippen LogP contribution in [0.5, 0.6) is 5.75 Å². The van der Waals surface area contributed by atoms with E-state index < -0.39 is 11.7 Å². The number of H-pyrrole nitrogens is 1. The molecule has 30 heavy (non-hydrogen) atoms. The number of amides is 1. The van der Waals surface area contributed by atoms with Crippen LogP contribution in [-0.4, -0.2) is 36.6 Å². The molecular weight excluding hydrogens is 395 g/mol. The zero-order valence-corrected chi connectivity index (χ0v) is 17.3. The summed E-state index contributed by atoms with van der Waals surface area (Å²) in [4.78, 5) is 17.5. The maximum absolute atomic E-state index is 12.9. The van der Waals surface area contributed by atoms with E-state index in [-0.39, 0.29) is 17.8 Å². The molecule has 1 aliphatic rings. The van der Waals surface area contributed by atoms with E-state index in [2.05, 4.69) is 29.0 Å². The van der Waals surface area contributed by atoms with Crippen LogP contribution >= 0.6 is 0 Å². The number of aromatic amines is 1. The molecule has 1 fully saturated rings. The fraction of sp³-hybridized carbons (Fsp3) is 0.500. The zero-order chi connectivity index (χ0) is 21.7. The Hall–Kier alpha value is -2.64. The normalized spacial score (nSPS) is 15.5. The number of piperidine rings is 1. The van der Waals surface area contributed by atoms with E-state index in [0.717, 1.165) is 24.4 Å². The molecule has 1 aromatic carbocycles. The summed E-state index contributed by atoms with van der Waals surface area (Å²) in [6.07, 6.45) is -2.22. The second-order valence-corrected chi connectivity index (χ2v) is 8.03. The number of aromatic nitrogens is 1. The van der Waals surface area contributed by atoms with Crippen molar-refractivity contribution >= 4 is 11.7 Å². The van der Waals surface area contributed by atoms with Gasteiger partial charge in [0.2, 0.25) is 0 Å². The molecule has 0 aliphatic carbocycles. The summed E-state index contributed by atoms with van der Waals surface area (Å²) in [5.41, 5.74) is -0.181. The summed E-state index contributed by atoms with van der Waals surface area (Å²) >= 11 is 0. The lowest BCUT2D eigenvalue weighted by atomic mass is 10.1. The van der Waals surface area contributed by atoms with E-state index in [1.165, 1.54) is 6.07 Å². The largest absolute Gasteiger partial charge is 0.490 e. The minimum atomic E-state index is -4.38. The second-order valence-electron chi connectivity index (χ2n) is 8.03. The van der Waals surface area contributed by atoms with Gasteiger partial charge in [0, 0.05) is 32.5 Å². The van der Waals surface area contributed by atoms with Crippen LogP contribution in [0.3, 0.4) is 0 Å². The molecule has 0 atom stereocenters. The van der Waals surface area contributed by atoms with Gasteiger partial charge in [-0.2, -0.15) is 13.2 Å². The number of alkyl halides is 3. The second kappa shape index (κ2) is 9.45. The van der Waals surface area contributed by atoms with Crippen LogP contribution in [0.4, 0.5) is 19.0 Å². The van der Waals surface area contributed by atoms with Gasteiger partial charge in [-0.05, 0) is 42.7 Å². The molecule has 3 rings (SSSR count). The molecule has 0 unspecified atom stereocenters. The lowest BCUT2D eigenvalue weighted by molar-refractivity contribution is -0.137. The van der Waals surface area contributed by atoms with Gasteiger partial charge in [-0.25, -0.2) is 0 Å². The predicted molar refractivity (Wildman–Crippen MR) is 110 cm³/mol. The predicted octanol–water partition coefficient (Wildman–Crippen LogP) is 4.86. The number of hydrogen-bond acceptors (Lipinski definition) is 3. The first kappa shape index (κ1) is 22.1. The Labute approximate surface area is 174 Å². The summed E-state index contributed by atoms with van der Waals surface area (Å²) < 4.78 is 44.3. The van der Waals surface area contributed by atoms with E-state index in [4.69, 9.17) is 4.74 Å². The average Bonchev–Trinajstić information content (AvgIpc) is 3.18. The average molecular weight is 423 g/mol. The van der Waals surface area contributed by atoms with E-state index in [0.29, 0.717) is 44.1 Å². The smallest absolute Gasteiger partial charge is 0.416 e. The Morgan fingerprint density at radius 3 is 2.63 bits per heavy atom. The van der Waals surface area contributed by atoms with Crippen molar-refractivity contribution in [1.29, 1.82) is 0 Å². The third-order valence-corrected chi connectivity index (χ3v) is 5.17. The molecule has 0 saturated carbocycles. The fourth-order valence-electron chi connectivity index (χ4n) is 3.42.